The molecule has 0 bridgehead atoms. The summed E-state index contributed by atoms with van der Waals surface area (Å²) in [6, 6.07) is 14.9. The van der Waals surface area contributed by atoms with Crippen LogP contribution in [0, 0.1) is 5.92 Å². The summed E-state index contributed by atoms with van der Waals surface area (Å²) in [6.45, 7) is 7.20. The van der Waals surface area contributed by atoms with E-state index in [-0.39, 0.29) is 0 Å². The van der Waals surface area contributed by atoms with Gasteiger partial charge in [-0.05, 0) is 50.3 Å². The molecule has 2 aromatic rings. The van der Waals surface area contributed by atoms with Gasteiger partial charge < -0.3 is 47.8 Å². The Hall–Kier alpha value is -4.37. The number of nitrogens with two attached hydrogens (primary N) is 1. The van der Waals surface area contributed by atoms with Gasteiger partial charge in [-0.25, -0.2) is 0 Å². The Morgan fingerprint density at radius 3 is 1.73 bits per heavy atom. The number of hydrogen-bond acceptors (Lipinski definition) is 9. The van der Waals surface area contributed by atoms with Crippen LogP contribution in [-0.4, -0.2) is 89.2 Å². The van der Waals surface area contributed by atoms with Gasteiger partial charge in [-0.3, -0.25) is 24.0 Å². The molecule has 0 fully saturated rings. The second kappa shape index (κ2) is 20.8. The maximum absolute atomic E-state index is 13.2. The van der Waals surface area contributed by atoms with Gasteiger partial charge in [0.25, 0.3) is 0 Å². The normalized spacial score (nSPS) is 14.9. The van der Waals surface area contributed by atoms with Crippen LogP contribution in [0.1, 0.15) is 51.7 Å². The van der Waals surface area contributed by atoms with Crippen molar-refractivity contribution in [3.63, 3.8) is 0 Å². The first kappa shape index (κ1) is 39.8. The molecule has 2 aromatic carbocycles. The Kier molecular flexibility index (Phi) is 17.2. The third kappa shape index (κ3) is 14.2. The molecule has 0 saturated carbocycles. The minimum absolute atomic E-state index is 0.402. The van der Waals surface area contributed by atoms with Crippen LogP contribution in [0.15, 0.2) is 60.7 Å². The van der Waals surface area contributed by atoms with E-state index in [0.717, 1.165) is 11.1 Å². The van der Waals surface area contributed by atoms with Gasteiger partial charge in [-0.15, -0.1) is 0 Å². The van der Waals surface area contributed by atoms with Gasteiger partial charge in [0.2, 0.25) is 29.5 Å². The van der Waals surface area contributed by atoms with Crippen LogP contribution < -0.4 is 37.6 Å². The molecule has 0 aliphatic carbocycles. The minimum atomic E-state index is -1.46. The zero-order chi connectivity index (χ0) is 35.6. The van der Waals surface area contributed by atoms with Crippen molar-refractivity contribution >= 4 is 29.5 Å². The van der Waals surface area contributed by atoms with E-state index in [9.17, 15) is 34.2 Å². The molecule has 0 spiro atoms. The van der Waals surface area contributed by atoms with E-state index in [1.807, 2.05) is 60.7 Å². The van der Waals surface area contributed by atoms with E-state index in [1.165, 1.54) is 13.8 Å². The molecule has 0 aromatic heterocycles. The van der Waals surface area contributed by atoms with Gasteiger partial charge >= 0.3 is 0 Å². The fourth-order valence-corrected chi connectivity index (χ4v) is 4.79. The number of amides is 5. The van der Waals surface area contributed by atoms with Gasteiger partial charge in [-0.2, -0.15) is 0 Å². The third-order valence-electron chi connectivity index (χ3n) is 7.57. The molecule has 14 nitrogen and oxygen atoms in total. The molecule has 0 heterocycles. The van der Waals surface area contributed by atoms with Crippen molar-refractivity contribution in [3.8, 4) is 0 Å². The summed E-state index contributed by atoms with van der Waals surface area (Å²) in [5.74, 6) is -4.22. The highest BCUT2D eigenvalue weighted by atomic mass is 16.3. The maximum Gasteiger partial charge on any atom is 0.245 e. The van der Waals surface area contributed by atoms with Crippen LogP contribution in [0.25, 0.3) is 0 Å². The van der Waals surface area contributed by atoms with E-state index in [4.69, 9.17) is 5.73 Å². The fourth-order valence-electron chi connectivity index (χ4n) is 4.79. The maximum atomic E-state index is 13.2. The molecule has 10 N–H and O–H groups in total. The first-order chi connectivity index (χ1) is 22.8. The number of primary amides is 1. The molecular weight excluding hydrogens is 618 g/mol. The first-order valence-electron chi connectivity index (χ1n) is 16.1. The summed E-state index contributed by atoms with van der Waals surface area (Å²) < 4.78 is 0. The Bertz CT molecular complexity index is 1310. The summed E-state index contributed by atoms with van der Waals surface area (Å²) in [6.07, 6.45) is -1.46. The monoisotopic (exact) mass is 669 g/mol. The number of carbonyl (C=O) groups is 5. The Balaban J connectivity index is 1.97. The highest BCUT2D eigenvalue weighted by Crippen LogP contribution is 2.07. The zero-order valence-corrected chi connectivity index (χ0v) is 28.1. The highest BCUT2D eigenvalue weighted by molar-refractivity contribution is 5.95. The standard InChI is InChI=1S/C34H51N7O7/c1-21(2)28(33(47)41-29(22(3)42)31(35)45)40-34(48)30(23(4)43)39-27(44)20-38-32(46)26(37-19-25-14-9-6-10-15-25)16-11-17-36-18-24-12-7-5-8-13-24/h5-10,12-15,21-23,26,28-30,36-37,42-43H,11,16-20H2,1-4H3,(H2,35,45)(H,38,46)(H,39,44)(H,40,48)(H,41,47)/t22-,23+,26-,28-,29-,30-/m0/s1. The molecule has 5 amide bonds. The lowest BCUT2D eigenvalue weighted by atomic mass is 10.0. The zero-order valence-electron chi connectivity index (χ0n) is 28.1. The largest absolute Gasteiger partial charge is 0.391 e. The highest BCUT2D eigenvalue weighted by Gasteiger charge is 2.33. The van der Waals surface area contributed by atoms with Gasteiger partial charge in [0.1, 0.15) is 18.1 Å². The number of benzene rings is 2. The number of nitrogens with one attached hydrogen (secondary N) is 6. The smallest absolute Gasteiger partial charge is 0.245 e. The number of carbonyl (C=O) groups excluding carboxylic acids is 5. The molecule has 0 saturated heterocycles. The fraction of sp³-hybridized carbons (Fsp3) is 0.500. The van der Waals surface area contributed by atoms with Crippen molar-refractivity contribution in [3.05, 3.63) is 71.8 Å². The molecule has 0 unspecified atom stereocenters. The quantitative estimate of drug-likeness (QED) is 0.0757. The lowest BCUT2D eigenvalue weighted by Gasteiger charge is -2.28. The Morgan fingerprint density at radius 1 is 0.688 bits per heavy atom. The van der Waals surface area contributed by atoms with Crippen LogP contribution in [0.5, 0.6) is 0 Å². The minimum Gasteiger partial charge on any atom is -0.391 e. The molecule has 14 heteroatoms. The Morgan fingerprint density at radius 2 is 1.21 bits per heavy atom. The SMILES string of the molecule is CC(C)[C@H](NC(=O)[C@@H](NC(=O)CNC(=O)[C@H](CCCNCc1ccccc1)NCc1ccccc1)[C@@H](C)O)C(=O)N[C@H](C(N)=O)[C@H](C)O. The summed E-state index contributed by atoms with van der Waals surface area (Å²) in [5.41, 5.74) is 7.40. The third-order valence-corrected chi connectivity index (χ3v) is 7.57. The first-order valence-corrected chi connectivity index (χ1v) is 16.1. The molecular formula is C34H51N7O7. The van der Waals surface area contributed by atoms with Crippen LogP contribution in [0.3, 0.4) is 0 Å². The van der Waals surface area contributed by atoms with Gasteiger partial charge in [0, 0.05) is 13.1 Å². The molecule has 0 aliphatic heterocycles. The van der Waals surface area contributed by atoms with Crippen LogP contribution in [0.4, 0.5) is 0 Å². The van der Waals surface area contributed by atoms with E-state index in [1.54, 1.807) is 13.8 Å². The lowest BCUT2D eigenvalue weighted by Crippen LogP contribution is -2.61. The number of aliphatic hydroxyl groups excluding tert-OH is 2. The van der Waals surface area contributed by atoms with Crippen LogP contribution in [0.2, 0.25) is 0 Å². The molecule has 2 rings (SSSR count). The van der Waals surface area contributed by atoms with Crippen molar-refractivity contribution in [1.29, 1.82) is 0 Å². The molecule has 6 atom stereocenters. The van der Waals surface area contributed by atoms with E-state index >= 15 is 0 Å². The van der Waals surface area contributed by atoms with E-state index in [2.05, 4.69) is 31.9 Å². The van der Waals surface area contributed by atoms with Gasteiger partial charge in [0.15, 0.2) is 0 Å². The van der Waals surface area contributed by atoms with Crippen molar-refractivity contribution in [1.82, 2.24) is 31.9 Å². The average molecular weight is 670 g/mol. The van der Waals surface area contributed by atoms with Gasteiger partial charge in [-0.1, -0.05) is 74.5 Å². The summed E-state index contributed by atoms with van der Waals surface area (Å²) in [5, 5.41) is 36.5. The Labute approximate surface area is 282 Å². The number of rotatable bonds is 21. The van der Waals surface area contributed by atoms with E-state index in [0.29, 0.717) is 32.5 Å². The van der Waals surface area contributed by atoms with Crippen molar-refractivity contribution < 1.29 is 34.2 Å². The summed E-state index contributed by atoms with van der Waals surface area (Å²) >= 11 is 0. The molecule has 0 aliphatic rings. The van der Waals surface area contributed by atoms with Crippen molar-refractivity contribution in [2.45, 2.75) is 90.0 Å². The molecule has 264 valence electrons. The predicted octanol–water partition coefficient (Wildman–Crippen LogP) is -0.812. The second-order valence-corrected chi connectivity index (χ2v) is 12.1. The lowest BCUT2D eigenvalue weighted by molar-refractivity contribution is -0.136. The van der Waals surface area contributed by atoms with E-state index < -0.39 is 78.4 Å². The molecule has 0 radical (unpaired) electrons. The average Bonchev–Trinajstić information content (AvgIpc) is 3.05. The predicted molar refractivity (Wildman–Crippen MR) is 181 cm³/mol. The van der Waals surface area contributed by atoms with Crippen molar-refractivity contribution in [2.24, 2.45) is 11.7 Å². The van der Waals surface area contributed by atoms with Crippen molar-refractivity contribution in [2.75, 3.05) is 13.1 Å². The molecule has 48 heavy (non-hydrogen) atoms. The van der Waals surface area contributed by atoms with Gasteiger partial charge in [0.05, 0.1) is 24.8 Å². The second-order valence-electron chi connectivity index (χ2n) is 12.1. The topological polar surface area (TPSA) is 224 Å². The number of aliphatic hydroxyl groups is 2. The van der Waals surface area contributed by atoms with Crippen LogP contribution >= 0.6 is 0 Å². The number of hydrogen-bond donors (Lipinski definition) is 9. The van der Waals surface area contributed by atoms with Crippen LogP contribution in [-0.2, 0) is 37.1 Å². The summed E-state index contributed by atoms with van der Waals surface area (Å²) in [7, 11) is 0. The summed E-state index contributed by atoms with van der Waals surface area (Å²) in [4.78, 5) is 63.6.